The molecule has 2 aromatic carbocycles. The summed E-state index contributed by atoms with van der Waals surface area (Å²) >= 11 is 5.53. The van der Waals surface area contributed by atoms with E-state index in [9.17, 15) is 18.0 Å². The third-order valence-corrected chi connectivity index (χ3v) is 8.01. The van der Waals surface area contributed by atoms with Crippen molar-refractivity contribution in [3.63, 3.8) is 0 Å². The molecule has 3 aliphatic rings. The number of halogens is 4. The summed E-state index contributed by atoms with van der Waals surface area (Å²) in [7, 11) is 0. The molecule has 3 fully saturated rings. The number of carbonyl (C=O) groups is 1. The van der Waals surface area contributed by atoms with Gasteiger partial charge >= 0.3 is 6.18 Å². The van der Waals surface area contributed by atoms with E-state index in [1.165, 1.54) is 29.2 Å². The summed E-state index contributed by atoms with van der Waals surface area (Å²) < 4.78 is 61.8. The number of hydrogen-bond acceptors (Lipinski definition) is 6. The number of benzene rings is 2. The lowest BCUT2D eigenvalue weighted by atomic mass is 10.0. The van der Waals surface area contributed by atoms with Crippen molar-refractivity contribution in [3.05, 3.63) is 53.3 Å². The highest BCUT2D eigenvalue weighted by molar-refractivity contribution is 7.81. The minimum Gasteiger partial charge on any atom is -0.489 e. The zero-order valence-corrected chi connectivity index (χ0v) is 22.3. The predicted octanol–water partition coefficient (Wildman–Crippen LogP) is 4.45. The number of nitriles is 1. The first-order valence-electron chi connectivity index (χ1n) is 12.6. The van der Waals surface area contributed by atoms with Crippen LogP contribution < -0.4 is 19.9 Å². The van der Waals surface area contributed by atoms with E-state index in [-0.39, 0.29) is 27.8 Å². The molecule has 1 saturated carbocycles. The molecule has 12 heteroatoms. The average molecular weight is 562 g/mol. The second-order valence-corrected chi connectivity index (χ2v) is 10.9. The van der Waals surface area contributed by atoms with Gasteiger partial charge < -0.3 is 15.0 Å². The van der Waals surface area contributed by atoms with Gasteiger partial charge in [0, 0.05) is 37.9 Å². The van der Waals surface area contributed by atoms with Crippen molar-refractivity contribution in [2.75, 3.05) is 42.6 Å². The molecule has 2 saturated heterocycles. The number of amides is 1. The molecule has 7 nitrogen and oxygen atoms in total. The Hall–Kier alpha value is -3.27. The van der Waals surface area contributed by atoms with Gasteiger partial charge in [-0.15, -0.1) is 0 Å². The van der Waals surface area contributed by atoms with Crippen LogP contribution in [0.15, 0.2) is 36.4 Å². The number of rotatable bonds is 6. The number of piperazine rings is 1. The standard InChI is InChI=1S/C27H27F4N5O2S/c1-25(2)23(37)35(18-4-3-17(15-32)20(13-18)27(29,30)31)24(39)36(25)19-5-6-22(21(28)14-19)38-16-26(7-8-26)34-11-9-33-10-12-34/h3-6,13-14,33H,7-12,16H2,1-2H3. The fourth-order valence-electron chi connectivity index (χ4n) is 5.25. The number of thiocarbonyl (C=S) groups is 1. The Kier molecular flexibility index (Phi) is 6.81. The quantitative estimate of drug-likeness (QED) is 0.413. The lowest BCUT2D eigenvalue weighted by Crippen LogP contribution is -2.51. The molecule has 1 aliphatic carbocycles. The number of ether oxygens (including phenoxy) is 1. The van der Waals surface area contributed by atoms with E-state index in [1.807, 2.05) is 0 Å². The first-order valence-corrected chi connectivity index (χ1v) is 13.0. The van der Waals surface area contributed by atoms with Crippen molar-refractivity contribution < 1.29 is 27.1 Å². The fraction of sp³-hybridized carbons (Fsp3) is 0.444. The number of carbonyl (C=O) groups excluding carboxylic acids is 1. The first kappa shape index (κ1) is 27.3. The second kappa shape index (κ2) is 9.73. The SMILES string of the molecule is CC1(C)C(=O)N(c2ccc(C#N)c(C(F)(F)F)c2)C(=S)N1c1ccc(OCC2(N3CCNCC3)CC2)c(F)c1. The summed E-state index contributed by atoms with van der Waals surface area (Å²) in [6.07, 6.45) is -2.82. The molecular formula is C27H27F4N5O2S. The monoisotopic (exact) mass is 561 g/mol. The number of nitrogens with zero attached hydrogens (tertiary/aromatic N) is 4. The van der Waals surface area contributed by atoms with Crippen LogP contribution in [0.4, 0.5) is 28.9 Å². The van der Waals surface area contributed by atoms with Gasteiger partial charge in [0.25, 0.3) is 5.91 Å². The van der Waals surface area contributed by atoms with Crippen LogP contribution in [-0.2, 0) is 11.0 Å². The molecule has 1 amide bonds. The first-order chi connectivity index (χ1) is 18.4. The Bertz CT molecular complexity index is 1360. The summed E-state index contributed by atoms with van der Waals surface area (Å²) in [5.41, 5.74) is -3.00. The number of nitrogens with one attached hydrogen (secondary N) is 1. The summed E-state index contributed by atoms with van der Waals surface area (Å²) in [4.78, 5) is 18.2. The number of anilines is 2. The molecule has 39 heavy (non-hydrogen) atoms. The Morgan fingerprint density at radius 3 is 2.36 bits per heavy atom. The van der Waals surface area contributed by atoms with Gasteiger partial charge in [-0.25, -0.2) is 4.39 Å². The topological polar surface area (TPSA) is 71.8 Å². The van der Waals surface area contributed by atoms with Crippen LogP contribution in [0.25, 0.3) is 0 Å². The minimum absolute atomic E-state index is 0.0744. The molecule has 5 rings (SSSR count). The van der Waals surface area contributed by atoms with E-state index >= 15 is 4.39 Å². The Morgan fingerprint density at radius 1 is 1.10 bits per heavy atom. The normalized spacial score (nSPS) is 20.7. The molecule has 2 aromatic rings. The lowest BCUT2D eigenvalue weighted by molar-refractivity contribution is -0.137. The second-order valence-electron chi connectivity index (χ2n) is 10.5. The summed E-state index contributed by atoms with van der Waals surface area (Å²) in [5.74, 6) is -1.14. The van der Waals surface area contributed by atoms with Crippen molar-refractivity contribution in [3.8, 4) is 11.8 Å². The zero-order valence-electron chi connectivity index (χ0n) is 21.4. The van der Waals surface area contributed by atoms with E-state index < -0.39 is 34.6 Å². The smallest absolute Gasteiger partial charge is 0.417 e. The summed E-state index contributed by atoms with van der Waals surface area (Å²) in [6, 6.07) is 8.76. The van der Waals surface area contributed by atoms with E-state index in [0.29, 0.717) is 6.61 Å². The number of alkyl halides is 3. The van der Waals surface area contributed by atoms with Crippen molar-refractivity contribution >= 4 is 34.6 Å². The van der Waals surface area contributed by atoms with Gasteiger partial charge in [0.05, 0.1) is 28.4 Å². The minimum atomic E-state index is -4.80. The van der Waals surface area contributed by atoms with Gasteiger partial charge in [-0.3, -0.25) is 14.6 Å². The van der Waals surface area contributed by atoms with Gasteiger partial charge in [-0.05, 0) is 69.2 Å². The lowest BCUT2D eigenvalue weighted by Gasteiger charge is -2.35. The van der Waals surface area contributed by atoms with E-state index in [0.717, 1.165) is 56.1 Å². The molecule has 0 spiro atoms. The van der Waals surface area contributed by atoms with E-state index in [1.54, 1.807) is 19.9 Å². The van der Waals surface area contributed by atoms with Crippen molar-refractivity contribution in [1.29, 1.82) is 5.26 Å². The third kappa shape index (κ3) is 4.83. The molecular weight excluding hydrogens is 534 g/mol. The molecule has 0 radical (unpaired) electrons. The summed E-state index contributed by atoms with van der Waals surface area (Å²) in [5, 5.41) is 12.3. The highest BCUT2D eigenvalue weighted by atomic mass is 32.1. The van der Waals surface area contributed by atoms with Crippen LogP contribution in [0.3, 0.4) is 0 Å². The molecule has 0 atom stereocenters. The molecule has 206 valence electrons. The molecule has 0 unspecified atom stereocenters. The maximum Gasteiger partial charge on any atom is 0.417 e. The molecule has 2 heterocycles. The van der Waals surface area contributed by atoms with E-state index in [4.69, 9.17) is 22.2 Å². The van der Waals surface area contributed by atoms with Crippen LogP contribution in [0.2, 0.25) is 0 Å². The Morgan fingerprint density at radius 2 is 1.77 bits per heavy atom. The third-order valence-electron chi connectivity index (χ3n) is 7.64. The van der Waals surface area contributed by atoms with Gasteiger partial charge in [0.15, 0.2) is 16.7 Å². The van der Waals surface area contributed by atoms with Crippen molar-refractivity contribution in [1.82, 2.24) is 10.2 Å². The molecule has 0 aromatic heterocycles. The van der Waals surface area contributed by atoms with Crippen LogP contribution in [0, 0.1) is 17.1 Å². The van der Waals surface area contributed by atoms with Crippen LogP contribution in [0.1, 0.15) is 37.8 Å². The summed E-state index contributed by atoms with van der Waals surface area (Å²) in [6.45, 7) is 7.13. The Balaban J connectivity index is 1.39. The van der Waals surface area contributed by atoms with Crippen LogP contribution in [0.5, 0.6) is 5.75 Å². The largest absolute Gasteiger partial charge is 0.489 e. The van der Waals surface area contributed by atoms with E-state index in [2.05, 4.69) is 10.2 Å². The van der Waals surface area contributed by atoms with Gasteiger partial charge in [-0.1, -0.05) is 0 Å². The fourth-order valence-corrected chi connectivity index (χ4v) is 5.77. The Labute approximate surface area is 228 Å². The predicted molar refractivity (Wildman–Crippen MR) is 141 cm³/mol. The van der Waals surface area contributed by atoms with Crippen LogP contribution >= 0.6 is 12.2 Å². The maximum absolute atomic E-state index is 15.2. The zero-order chi connectivity index (χ0) is 28.2. The van der Waals surface area contributed by atoms with Crippen molar-refractivity contribution in [2.45, 2.75) is 43.9 Å². The highest BCUT2D eigenvalue weighted by Gasteiger charge is 2.51. The van der Waals surface area contributed by atoms with Gasteiger partial charge in [0.1, 0.15) is 12.1 Å². The van der Waals surface area contributed by atoms with Crippen molar-refractivity contribution in [2.24, 2.45) is 0 Å². The molecule has 1 N–H and O–H groups in total. The van der Waals surface area contributed by atoms with Crippen LogP contribution in [-0.4, -0.2) is 59.8 Å². The average Bonchev–Trinajstić information content (AvgIpc) is 3.66. The highest BCUT2D eigenvalue weighted by Crippen LogP contribution is 2.43. The molecule has 0 bridgehead atoms. The number of hydrogen-bond donors (Lipinski definition) is 1. The molecule has 2 aliphatic heterocycles. The van der Waals surface area contributed by atoms with Gasteiger partial charge in [-0.2, -0.15) is 18.4 Å². The maximum atomic E-state index is 15.2. The van der Waals surface area contributed by atoms with Gasteiger partial charge in [0.2, 0.25) is 0 Å².